The van der Waals surface area contributed by atoms with Crippen LogP contribution in [0.25, 0.3) is 0 Å². The number of rotatable bonds is 8. The van der Waals surface area contributed by atoms with Crippen molar-refractivity contribution in [2.24, 2.45) is 5.16 Å². The van der Waals surface area contributed by atoms with Crippen LogP contribution in [0.3, 0.4) is 0 Å². The van der Waals surface area contributed by atoms with E-state index in [1.807, 2.05) is 13.8 Å². The van der Waals surface area contributed by atoms with Crippen molar-refractivity contribution in [3.05, 3.63) is 65.2 Å². The molecule has 0 aliphatic rings. The zero-order chi connectivity index (χ0) is 19.9. The first kappa shape index (κ1) is 20.6. The standard InChI is InChI=1S/C19H21NO6S/c1-14-4-8-16(9-5-14)18(19(21)25-13-12-24-3)20-26-27(22,23)17-10-6-15(2)7-11-17/h4-11H,12-13H2,1-3H3/b20-18+. The van der Waals surface area contributed by atoms with E-state index in [-0.39, 0.29) is 23.8 Å². The van der Waals surface area contributed by atoms with Crippen molar-refractivity contribution in [1.82, 2.24) is 0 Å². The van der Waals surface area contributed by atoms with Crippen LogP contribution >= 0.6 is 0 Å². The quantitative estimate of drug-likeness (QED) is 0.297. The number of ether oxygens (including phenoxy) is 2. The smallest absolute Gasteiger partial charge is 0.361 e. The Morgan fingerprint density at radius 3 is 2.04 bits per heavy atom. The summed E-state index contributed by atoms with van der Waals surface area (Å²) in [5.41, 5.74) is 2.00. The van der Waals surface area contributed by atoms with Crippen LogP contribution in [-0.4, -0.2) is 40.4 Å². The van der Waals surface area contributed by atoms with E-state index < -0.39 is 16.1 Å². The molecule has 0 aliphatic heterocycles. The Balaban J connectivity index is 2.29. The molecular weight excluding hydrogens is 370 g/mol. The Hall–Kier alpha value is -2.71. The van der Waals surface area contributed by atoms with Gasteiger partial charge in [-0.05, 0) is 26.0 Å². The number of carbonyl (C=O) groups excluding carboxylic acids is 1. The van der Waals surface area contributed by atoms with E-state index in [1.165, 1.54) is 19.2 Å². The van der Waals surface area contributed by atoms with Crippen molar-refractivity contribution in [1.29, 1.82) is 0 Å². The van der Waals surface area contributed by atoms with Gasteiger partial charge in [-0.1, -0.05) is 52.7 Å². The van der Waals surface area contributed by atoms with Crippen LogP contribution in [-0.2, 0) is 28.7 Å². The summed E-state index contributed by atoms with van der Waals surface area (Å²) in [4.78, 5) is 12.3. The topological polar surface area (TPSA) is 91.3 Å². The lowest BCUT2D eigenvalue weighted by atomic mass is 10.1. The lowest BCUT2D eigenvalue weighted by Gasteiger charge is -2.08. The summed E-state index contributed by atoms with van der Waals surface area (Å²) in [5.74, 6) is -0.810. The summed E-state index contributed by atoms with van der Waals surface area (Å²) in [6.07, 6.45) is 0. The monoisotopic (exact) mass is 391 g/mol. The molecule has 0 aliphatic carbocycles. The second-order valence-corrected chi connectivity index (χ2v) is 7.31. The SMILES string of the molecule is COCCOC(=O)/C(=N/OS(=O)(=O)c1ccc(C)cc1)c1ccc(C)cc1. The molecule has 144 valence electrons. The van der Waals surface area contributed by atoms with Crippen LogP contribution in [0.15, 0.2) is 58.6 Å². The zero-order valence-corrected chi connectivity index (χ0v) is 16.2. The molecule has 0 fully saturated rings. The molecule has 0 bridgehead atoms. The third-order valence-corrected chi connectivity index (χ3v) is 4.70. The molecule has 0 N–H and O–H groups in total. The highest BCUT2D eigenvalue weighted by molar-refractivity contribution is 7.86. The van der Waals surface area contributed by atoms with Crippen molar-refractivity contribution in [2.75, 3.05) is 20.3 Å². The van der Waals surface area contributed by atoms with Crippen LogP contribution in [0.1, 0.15) is 16.7 Å². The maximum absolute atomic E-state index is 12.3. The number of hydrogen-bond acceptors (Lipinski definition) is 7. The van der Waals surface area contributed by atoms with Gasteiger partial charge in [-0.3, -0.25) is 4.28 Å². The molecule has 0 radical (unpaired) electrons. The van der Waals surface area contributed by atoms with E-state index in [0.29, 0.717) is 5.56 Å². The van der Waals surface area contributed by atoms with Crippen LogP contribution in [0, 0.1) is 13.8 Å². The minimum atomic E-state index is -4.17. The number of carbonyl (C=O) groups is 1. The van der Waals surface area contributed by atoms with E-state index in [0.717, 1.165) is 11.1 Å². The minimum absolute atomic E-state index is 0.00489. The molecule has 0 heterocycles. The highest BCUT2D eigenvalue weighted by Gasteiger charge is 2.21. The Labute approximate surface area is 158 Å². The molecule has 7 nitrogen and oxygen atoms in total. The summed E-state index contributed by atoms with van der Waals surface area (Å²) in [7, 11) is -2.69. The van der Waals surface area contributed by atoms with Gasteiger partial charge in [-0.2, -0.15) is 8.42 Å². The van der Waals surface area contributed by atoms with Crippen LogP contribution in [0.4, 0.5) is 0 Å². The summed E-state index contributed by atoms with van der Waals surface area (Å²) in [6.45, 7) is 3.93. The van der Waals surface area contributed by atoms with Gasteiger partial charge in [-0.15, -0.1) is 0 Å². The first-order valence-electron chi connectivity index (χ1n) is 8.15. The van der Waals surface area contributed by atoms with E-state index in [1.54, 1.807) is 36.4 Å². The number of nitrogens with zero attached hydrogens (tertiary/aromatic N) is 1. The molecule has 2 rings (SSSR count). The normalized spacial score (nSPS) is 11.9. The number of oxime groups is 1. The van der Waals surface area contributed by atoms with Gasteiger partial charge in [0.05, 0.1) is 6.61 Å². The predicted octanol–water partition coefficient (Wildman–Crippen LogP) is 2.60. The zero-order valence-electron chi connectivity index (χ0n) is 15.3. The lowest BCUT2D eigenvalue weighted by Crippen LogP contribution is -2.22. The summed E-state index contributed by atoms with van der Waals surface area (Å²) in [6, 6.07) is 12.9. The van der Waals surface area contributed by atoms with Gasteiger partial charge in [-0.25, -0.2) is 4.79 Å². The number of benzene rings is 2. The van der Waals surface area contributed by atoms with Crippen molar-refractivity contribution >= 4 is 21.8 Å². The number of aryl methyl sites for hydroxylation is 2. The van der Waals surface area contributed by atoms with Crippen LogP contribution in [0.2, 0.25) is 0 Å². The first-order valence-corrected chi connectivity index (χ1v) is 9.56. The summed E-state index contributed by atoms with van der Waals surface area (Å²) < 4.78 is 39.3. The van der Waals surface area contributed by atoms with Crippen molar-refractivity contribution in [3.8, 4) is 0 Å². The van der Waals surface area contributed by atoms with Gasteiger partial charge in [0.25, 0.3) is 0 Å². The third-order valence-electron chi connectivity index (χ3n) is 3.58. The maximum Gasteiger partial charge on any atom is 0.361 e. The second kappa shape index (κ2) is 9.29. The number of esters is 1. The van der Waals surface area contributed by atoms with Gasteiger partial charge in [0, 0.05) is 12.7 Å². The van der Waals surface area contributed by atoms with E-state index >= 15 is 0 Å². The Kier molecular flexibility index (Phi) is 7.09. The highest BCUT2D eigenvalue weighted by atomic mass is 32.2. The third kappa shape index (κ3) is 5.90. The predicted molar refractivity (Wildman–Crippen MR) is 100 cm³/mol. The Bertz CT molecular complexity index is 902. The van der Waals surface area contributed by atoms with Crippen LogP contribution in [0.5, 0.6) is 0 Å². The second-order valence-electron chi connectivity index (χ2n) is 5.78. The average molecular weight is 391 g/mol. The average Bonchev–Trinajstić information content (AvgIpc) is 2.64. The molecule has 0 aromatic heterocycles. The van der Waals surface area contributed by atoms with Crippen LogP contribution < -0.4 is 0 Å². The fraction of sp³-hybridized carbons (Fsp3) is 0.263. The molecule has 0 unspecified atom stereocenters. The molecule has 0 saturated carbocycles. The molecular formula is C19H21NO6S. The fourth-order valence-corrected chi connectivity index (χ4v) is 2.77. The molecule has 8 heteroatoms. The highest BCUT2D eigenvalue weighted by Crippen LogP contribution is 2.15. The van der Waals surface area contributed by atoms with E-state index in [9.17, 15) is 13.2 Å². The van der Waals surface area contributed by atoms with Gasteiger partial charge >= 0.3 is 16.1 Å². The van der Waals surface area contributed by atoms with E-state index in [4.69, 9.17) is 13.8 Å². The fourth-order valence-electron chi connectivity index (χ4n) is 2.04. The molecule has 0 atom stereocenters. The largest absolute Gasteiger partial charge is 0.458 e. The number of methoxy groups -OCH3 is 1. The molecule has 0 amide bonds. The molecule has 27 heavy (non-hydrogen) atoms. The first-order chi connectivity index (χ1) is 12.8. The van der Waals surface area contributed by atoms with Gasteiger partial charge in [0.1, 0.15) is 11.5 Å². The lowest BCUT2D eigenvalue weighted by molar-refractivity contribution is -0.136. The molecule has 0 spiro atoms. The van der Waals surface area contributed by atoms with Crippen molar-refractivity contribution in [3.63, 3.8) is 0 Å². The van der Waals surface area contributed by atoms with Gasteiger partial charge in [0.15, 0.2) is 5.71 Å². The minimum Gasteiger partial charge on any atom is -0.458 e. The van der Waals surface area contributed by atoms with Gasteiger partial charge in [0.2, 0.25) is 0 Å². The van der Waals surface area contributed by atoms with Gasteiger partial charge < -0.3 is 9.47 Å². The summed E-state index contributed by atoms with van der Waals surface area (Å²) in [5, 5.41) is 3.59. The van der Waals surface area contributed by atoms with E-state index in [2.05, 4.69) is 5.16 Å². The summed E-state index contributed by atoms with van der Waals surface area (Å²) >= 11 is 0. The van der Waals surface area contributed by atoms with Crippen molar-refractivity contribution in [2.45, 2.75) is 18.7 Å². The molecule has 2 aromatic carbocycles. The Morgan fingerprint density at radius 1 is 0.926 bits per heavy atom. The van der Waals surface area contributed by atoms with Crippen molar-refractivity contribution < 1.29 is 27.0 Å². The number of hydrogen-bond donors (Lipinski definition) is 0. The maximum atomic E-state index is 12.3. The Morgan fingerprint density at radius 2 is 1.48 bits per heavy atom. The molecule has 2 aromatic rings. The molecule has 0 saturated heterocycles.